The molecule has 110 valence electrons. The Balaban J connectivity index is 1.51. The summed E-state index contributed by atoms with van der Waals surface area (Å²) in [6.07, 6.45) is 5.30. The lowest BCUT2D eigenvalue weighted by Crippen LogP contribution is -2.42. The molecule has 2 aliphatic rings. The van der Waals surface area contributed by atoms with Gasteiger partial charge in [0.1, 0.15) is 0 Å². The molecule has 2 heterocycles. The molecule has 1 N–H and O–H groups in total. The topological polar surface area (TPSA) is 18.5 Å². The van der Waals surface area contributed by atoms with Crippen molar-refractivity contribution in [2.75, 3.05) is 38.6 Å². The lowest BCUT2D eigenvalue weighted by molar-refractivity contribution is 0.181. The van der Waals surface area contributed by atoms with Crippen molar-refractivity contribution in [2.45, 2.75) is 38.3 Å². The number of nitrogens with one attached hydrogen (secondary N) is 1. The van der Waals surface area contributed by atoms with Crippen molar-refractivity contribution in [1.82, 2.24) is 10.2 Å². The summed E-state index contributed by atoms with van der Waals surface area (Å²) in [5.41, 5.74) is 4.36. The Labute approximate surface area is 123 Å². The van der Waals surface area contributed by atoms with E-state index >= 15 is 0 Å². The molecule has 0 saturated carbocycles. The molecule has 0 spiro atoms. The van der Waals surface area contributed by atoms with Crippen molar-refractivity contribution >= 4 is 5.69 Å². The van der Waals surface area contributed by atoms with E-state index in [4.69, 9.17) is 0 Å². The lowest BCUT2D eigenvalue weighted by atomic mass is 10.0. The van der Waals surface area contributed by atoms with Gasteiger partial charge in [0, 0.05) is 38.4 Å². The smallest absolute Gasteiger partial charge is 0.0397 e. The number of fused-ring (bicyclic) bond motifs is 1. The van der Waals surface area contributed by atoms with Crippen LogP contribution in [0.3, 0.4) is 0 Å². The second-order valence-corrected chi connectivity index (χ2v) is 6.40. The molecule has 3 heteroatoms. The Hall–Kier alpha value is -1.06. The van der Waals surface area contributed by atoms with Crippen LogP contribution < -0.4 is 10.2 Å². The number of likely N-dealkylation sites (N-methyl/N-ethyl adjacent to an activating group) is 2. The molecule has 0 bridgehead atoms. The fourth-order valence-corrected chi connectivity index (χ4v) is 3.52. The SMILES string of the molecule is CN1CCc2cc(CNCC3CCCCN3C)ccc21. The quantitative estimate of drug-likeness (QED) is 0.908. The van der Waals surface area contributed by atoms with E-state index in [9.17, 15) is 0 Å². The number of hydrogen-bond acceptors (Lipinski definition) is 3. The zero-order valence-corrected chi connectivity index (χ0v) is 12.9. The van der Waals surface area contributed by atoms with Gasteiger partial charge in [0.2, 0.25) is 0 Å². The maximum Gasteiger partial charge on any atom is 0.0397 e. The summed E-state index contributed by atoms with van der Waals surface area (Å²) in [6.45, 7) is 4.55. The van der Waals surface area contributed by atoms with Crippen LogP contribution in [0.1, 0.15) is 30.4 Å². The molecule has 1 unspecified atom stereocenters. The largest absolute Gasteiger partial charge is 0.374 e. The third-order valence-electron chi connectivity index (χ3n) is 4.90. The highest BCUT2D eigenvalue weighted by atomic mass is 15.2. The summed E-state index contributed by atoms with van der Waals surface area (Å²) >= 11 is 0. The predicted molar refractivity (Wildman–Crippen MR) is 85.4 cm³/mol. The zero-order valence-electron chi connectivity index (χ0n) is 12.9. The average Bonchev–Trinajstić information content (AvgIpc) is 2.82. The van der Waals surface area contributed by atoms with E-state index < -0.39 is 0 Å². The number of hydrogen-bond donors (Lipinski definition) is 1. The van der Waals surface area contributed by atoms with E-state index in [1.54, 1.807) is 0 Å². The van der Waals surface area contributed by atoms with Gasteiger partial charge in [-0.3, -0.25) is 0 Å². The maximum absolute atomic E-state index is 3.65. The molecule has 1 saturated heterocycles. The number of benzene rings is 1. The first-order valence-corrected chi connectivity index (χ1v) is 7.98. The number of piperidine rings is 1. The summed E-state index contributed by atoms with van der Waals surface area (Å²) in [4.78, 5) is 4.86. The van der Waals surface area contributed by atoms with Crippen molar-refractivity contribution in [2.24, 2.45) is 0 Å². The van der Waals surface area contributed by atoms with Crippen molar-refractivity contribution in [3.63, 3.8) is 0 Å². The van der Waals surface area contributed by atoms with Gasteiger partial charge in [-0.1, -0.05) is 18.6 Å². The van der Waals surface area contributed by atoms with Crippen LogP contribution >= 0.6 is 0 Å². The predicted octanol–water partition coefficient (Wildman–Crippen LogP) is 2.25. The summed E-state index contributed by atoms with van der Waals surface area (Å²) in [7, 11) is 4.44. The summed E-state index contributed by atoms with van der Waals surface area (Å²) < 4.78 is 0. The second kappa shape index (κ2) is 6.15. The standard InChI is InChI=1S/C17H27N3/c1-19-9-4-3-5-16(19)13-18-12-14-6-7-17-15(11-14)8-10-20(17)2/h6-7,11,16,18H,3-5,8-10,12-13H2,1-2H3. The molecule has 0 amide bonds. The molecule has 3 rings (SSSR count). The highest BCUT2D eigenvalue weighted by molar-refractivity contribution is 5.58. The molecule has 0 radical (unpaired) electrons. The van der Waals surface area contributed by atoms with Crippen LogP contribution in [0.5, 0.6) is 0 Å². The monoisotopic (exact) mass is 273 g/mol. The van der Waals surface area contributed by atoms with Gasteiger partial charge in [-0.25, -0.2) is 0 Å². The van der Waals surface area contributed by atoms with Gasteiger partial charge in [0.25, 0.3) is 0 Å². The van der Waals surface area contributed by atoms with E-state index in [0.717, 1.165) is 19.1 Å². The molecule has 3 nitrogen and oxygen atoms in total. The molecular weight excluding hydrogens is 246 g/mol. The molecule has 1 atom stereocenters. The van der Waals surface area contributed by atoms with E-state index in [2.05, 4.69) is 47.4 Å². The first-order valence-electron chi connectivity index (χ1n) is 7.98. The molecule has 0 aliphatic carbocycles. The zero-order chi connectivity index (χ0) is 13.9. The molecular formula is C17H27N3. The van der Waals surface area contributed by atoms with Crippen LogP contribution in [-0.4, -0.2) is 44.7 Å². The van der Waals surface area contributed by atoms with E-state index in [-0.39, 0.29) is 0 Å². The second-order valence-electron chi connectivity index (χ2n) is 6.40. The van der Waals surface area contributed by atoms with Gasteiger partial charge in [-0.15, -0.1) is 0 Å². The molecule has 1 aromatic carbocycles. The van der Waals surface area contributed by atoms with Crippen molar-refractivity contribution in [3.05, 3.63) is 29.3 Å². The van der Waals surface area contributed by atoms with Crippen molar-refractivity contribution < 1.29 is 0 Å². The Kier molecular flexibility index (Phi) is 4.27. The Morgan fingerprint density at radius 3 is 2.95 bits per heavy atom. The van der Waals surface area contributed by atoms with Crippen molar-refractivity contribution in [3.8, 4) is 0 Å². The minimum atomic E-state index is 0.726. The maximum atomic E-state index is 3.65. The summed E-state index contributed by atoms with van der Waals surface area (Å²) in [5.74, 6) is 0. The number of anilines is 1. The van der Waals surface area contributed by atoms with Gasteiger partial charge < -0.3 is 15.1 Å². The molecule has 0 aromatic heterocycles. The Morgan fingerprint density at radius 2 is 2.10 bits per heavy atom. The minimum Gasteiger partial charge on any atom is -0.374 e. The number of likely N-dealkylation sites (tertiary alicyclic amines) is 1. The van der Waals surface area contributed by atoms with Crippen LogP contribution in [-0.2, 0) is 13.0 Å². The van der Waals surface area contributed by atoms with Gasteiger partial charge in [0.15, 0.2) is 0 Å². The Bertz CT molecular complexity index is 458. The van der Waals surface area contributed by atoms with Gasteiger partial charge in [-0.05, 0) is 50.0 Å². The van der Waals surface area contributed by atoms with E-state index in [0.29, 0.717) is 0 Å². The van der Waals surface area contributed by atoms with Crippen LogP contribution in [0.25, 0.3) is 0 Å². The third kappa shape index (κ3) is 2.99. The normalized spacial score (nSPS) is 23.1. The molecule has 20 heavy (non-hydrogen) atoms. The highest BCUT2D eigenvalue weighted by Gasteiger charge is 2.18. The fraction of sp³-hybridized carbons (Fsp3) is 0.647. The number of nitrogens with zero attached hydrogens (tertiary/aromatic N) is 2. The van der Waals surface area contributed by atoms with Crippen molar-refractivity contribution in [1.29, 1.82) is 0 Å². The Morgan fingerprint density at radius 1 is 1.20 bits per heavy atom. The minimum absolute atomic E-state index is 0.726. The van der Waals surface area contributed by atoms with Gasteiger partial charge in [0.05, 0.1) is 0 Å². The molecule has 1 aromatic rings. The molecule has 1 fully saturated rings. The summed E-state index contributed by atoms with van der Waals surface area (Å²) in [6, 6.07) is 7.67. The number of rotatable bonds is 4. The molecule has 2 aliphatic heterocycles. The first-order chi connectivity index (χ1) is 9.74. The highest BCUT2D eigenvalue weighted by Crippen LogP contribution is 2.27. The average molecular weight is 273 g/mol. The summed E-state index contributed by atoms with van der Waals surface area (Å²) in [5, 5.41) is 3.65. The lowest BCUT2D eigenvalue weighted by Gasteiger charge is -2.32. The fourth-order valence-electron chi connectivity index (χ4n) is 3.52. The van der Waals surface area contributed by atoms with Gasteiger partial charge >= 0.3 is 0 Å². The first kappa shape index (κ1) is 13.9. The van der Waals surface area contributed by atoms with Crippen LogP contribution in [0.15, 0.2) is 18.2 Å². The van der Waals surface area contributed by atoms with Gasteiger partial charge in [-0.2, -0.15) is 0 Å². The third-order valence-corrected chi connectivity index (χ3v) is 4.90. The van der Waals surface area contributed by atoms with E-state index in [1.807, 2.05) is 0 Å². The van der Waals surface area contributed by atoms with E-state index in [1.165, 1.54) is 55.6 Å². The van der Waals surface area contributed by atoms with Crippen LogP contribution in [0.2, 0.25) is 0 Å². The van der Waals surface area contributed by atoms with Crippen LogP contribution in [0.4, 0.5) is 5.69 Å². The van der Waals surface area contributed by atoms with Crippen LogP contribution in [0, 0.1) is 0 Å².